The van der Waals surface area contributed by atoms with E-state index >= 15 is 0 Å². The molecule has 0 aliphatic heterocycles. The predicted molar refractivity (Wildman–Crippen MR) is 60.2 cm³/mol. The molecule has 1 aromatic heterocycles. The monoisotopic (exact) mass is 250 g/mol. The Hall–Kier alpha value is -0.630. The van der Waals surface area contributed by atoms with Gasteiger partial charge < -0.3 is 10.8 Å². The summed E-state index contributed by atoms with van der Waals surface area (Å²) in [7, 11) is -3.58. The Morgan fingerprint density at radius 2 is 2.20 bits per heavy atom. The molecule has 0 saturated carbocycles. The average molecular weight is 250 g/mol. The van der Waals surface area contributed by atoms with Gasteiger partial charge in [0.15, 0.2) is 0 Å². The van der Waals surface area contributed by atoms with E-state index in [1.54, 1.807) is 19.2 Å². The van der Waals surface area contributed by atoms with E-state index in [0.717, 1.165) is 11.3 Å². The highest BCUT2D eigenvalue weighted by atomic mass is 32.2. The van der Waals surface area contributed by atoms with E-state index in [1.165, 1.54) is 6.07 Å². The van der Waals surface area contributed by atoms with Crippen molar-refractivity contribution in [2.45, 2.75) is 23.6 Å². The van der Waals surface area contributed by atoms with Gasteiger partial charge in [0, 0.05) is 11.1 Å². The molecule has 0 unspecified atom stereocenters. The number of aliphatic hydroxyl groups is 1. The number of thiophene rings is 1. The maximum atomic E-state index is 11.8. The summed E-state index contributed by atoms with van der Waals surface area (Å²) in [5.41, 5.74) is 4.98. The van der Waals surface area contributed by atoms with Crippen LogP contribution in [0.4, 0.5) is 5.69 Å². The third-order valence-corrected chi connectivity index (χ3v) is 4.82. The van der Waals surface area contributed by atoms with Crippen LogP contribution in [0.15, 0.2) is 15.7 Å². The van der Waals surface area contributed by atoms with Gasteiger partial charge in [-0.2, -0.15) is 0 Å². The van der Waals surface area contributed by atoms with Gasteiger partial charge >= 0.3 is 0 Å². The molecule has 0 atom stereocenters. The normalized spacial score (nSPS) is 13.0. The number of nitrogen functional groups attached to an aromatic ring is 1. The van der Waals surface area contributed by atoms with Gasteiger partial charge in [0.25, 0.3) is 10.0 Å². The Balaban J connectivity index is 2.95. The van der Waals surface area contributed by atoms with Crippen molar-refractivity contribution in [3.05, 3.63) is 11.4 Å². The Kier molecular flexibility index (Phi) is 3.39. The summed E-state index contributed by atoms with van der Waals surface area (Å²) in [4.78, 5) is 0. The molecule has 1 rings (SSSR count). The first kappa shape index (κ1) is 12.4. The molecule has 1 heterocycles. The lowest BCUT2D eigenvalue weighted by Crippen LogP contribution is -2.45. The number of rotatable bonds is 4. The summed E-state index contributed by atoms with van der Waals surface area (Å²) in [6.07, 6.45) is 0. The second-order valence-electron chi connectivity index (χ2n) is 3.85. The molecule has 86 valence electrons. The summed E-state index contributed by atoms with van der Waals surface area (Å²) in [6, 6.07) is 1.39. The van der Waals surface area contributed by atoms with Crippen molar-refractivity contribution in [1.29, 1.82) is 0 Å². The van der Waals surface area contributed by atoms with Gasteiger partial charge in [0.1, 0.15) is 4.21 Å². The minimum atomic E-state index is -3.58. The van der Waals surface area contributed by atoms with Crippen molar-refractivity contribution < 1.29 is 13.5 Å². The molecule has 0 aliphatic carbocycles. The molecular formula is C8H14N2O3S2. The van der Waals surface area contributed by atoms with E-state index in [-0.39, 0.29) is 10.8 Å². The van der Waals surface area contributed by atoms with E-state index in [9.17, 15) is 8.42 Å². The Labute approximate surface area is 93.0 Å². The van der Waals surface area contributed by atoms with E-state index in [2.05, 4.69) is 4.72 Å². The van der Waals surface area contributed by atoms with Crippen LogP contribution < -0.4 is 10.5 Å². The molecule has 1 aromatic rings. The van der Waals surface area contributed by atoms with Crippen molar-refractivity contribution in [2.75, 3.05) is 12.3 Å². The van der Waals surface area contributed by atoms with Crippen LogP contribution in [0.1, 0.15) is 13.8 Å². The Bertz CT molecular complexity index is 436. The maximum absolute atomic E-state index is 11.8. The predicted octanol–water partition coefficient (Wildman–Crippen LogP) is 0.379. The number of hydrogen-bond acceptors (Lipinski definition) is 5. The van der Waals surface area contributed by atoms with Gasteiger partial charge in [-0.05, 0) is 19.9 Å². The van der Waals surface area contributed by atoms with E-state index in [0.29, 0.717) is 5.69 Å². The van der Waals surface area contributed by atoms with Gasteiger partial charge in [0.2, 0.25) is 0 Å². The average Bonchev–Trinajstić information content (AvgIpc) is 2.51. The summed E-state index contributed by atoms with van der Waals surface area (Å²) in [5, 5.41) is 10.5. The largest absolute Gasteiger partial charge is 0.398 e. The Morgan fingerprint density at radius 3 is 2.60 bits per heavy atom. The standard InChI is InChI=1S/C8H14N2O3S2/c1-8(2,5-11)10-15(12,13)7-3-6(9)4-14-7/h3-4,10-11H,5,9H2,1-2H3. The third-order valence-electron chi connectivity index (χ3n) is 1.67. The van der Waals surface area contributed by atoms with Crippen LogP contribution in [0.25, 0.3) is 0 Å². The minimum Gasteiger partial charge on any atom is -0.398 e. The van der Waals surface area contributed by atoms with Gasteiger partial charge in [0.05, 0.1) is 12.1 Å². The summed E-state index contributed by atoms with van der Waals surface area (Å²) < 4.78 is 26.0. The van der Waals surface area contributed by atoms with Crippen LogP contribution in [0.5, 0.6) is 0 Å². The van der Waals surface area contributed by atoms with Gasteiger partial charge in [-0.15, -0.1) is 11.3 Å². The fourth-order valence-corrected chi connectivity index (χ4v) is 3.40. The molecule has 4 N–H and O–H groups in total. The number of sulfonamides is 1. The molecule has 15 heavy (non-hydrogen) atoms. The Morgan fingerprint density at radius 1 is 1.60 bits per heavy atom. The molecule has 0 aliphatic rings. The molecule has 0 bridgehead atoms. The summed E-state index contributed by atoms with van der Waals surface area (Å²) in [5.74, 6) is 0. The smallest absolute Gasteiger partial charge is 0.250 e. The molecule has 7 heteroatoms. The molecule has 0 radical (unpaired) electrons. The second-order valence-corrected chi connectivity index (χ2v) is 6.67. The number of nitrogens with two attached hydrogens (primary N) is 1. The number of anilines is 1. The molecule has 0 spiro atoms. The lowest BCUT2D eigenvalue weighted by Gasteiger charge is -2.22. The van der Waals surface area contributed by atoms with Crippen LogP contribution in [-0.4, -0.2) is 25.7 Å². The minimum absolute atomic E-state index is 0.154. The first-order valence-corrected chi connectivity index (χ1v) is 6.62. The SMILES string of the molecule is CC(C)(CO)NS(=O)(=O)c1cc(N)cs1. The van der Waals surface area contributed by atoms with Crippen LogP contribution in [0.3, 0.4) is 0 Å². The zero-order valence-corrected chi connectivity index (χ0v) is 10.2. The highest BCUT2D eigenvalue weighted by Gasteiger charge is 2.26. The van der Waals surface area contributed by atoms with Crippen LogP contribution in [0, 0.1) is 0 Å². The number of hydrogen-bond donors (Lipinski definition) is 3. The molecule has 0 amide bonds. The van der Waals surface area contributed by atoms with Gasteiger partial charge in [-0.3, -0.25) is 0 Å². The molecule has 0 aromatic carbocycles. The number of nitrogens with one attached hydrogen (secondary N) is 1. The van der Waals surface area contributed by atoms with Crippen molar-refractivity contribution >= 4 is 27.0 Å². The molecule has 5 nitrogen and oxygen atoms in total. The quantitative estimate of drug-likeness (QED) is 0.720. The fourth-order valence-electron chi connectivity index (χ4n) is 0.917. The van der Waals surface area contributed by atoms with Crippen LogP contribution in [0.2, 0.25) is 0 Å². The van der Waals surface area contributed by atoms with Gasteiger partial charge in [-0.25, -0.2) is 13.1 Å². The number of aliphatic hydroxyl groups excluding tert-OH is 1. The fraction of sp³-hybridized carbons (Fsp3) is 0.500. The van der Waals surface area contributed by atoms with E-state index in [4.69, 9.17) is 10.8 Å². The second kappa shape index (κ2) is 4.09. The highest BCUT2D eigenvalue weighted by Crippen LogP contribution is 2.22. The molecular weight excluding hydrogens is 236 g/mol. The van der Waals surface area contributed by atoms with Crippen molar-refractivity contribution in [3.63, 3.8) is 0 Å². The molecule has 0 saturated heterocycles. The first-order valence-electron chi connectivity index (χ1n) is 4.26. The zero-order valence-electron chi connectivity index (χ0n) is 8.52. The first-order chi connectivity index (χ1) is 6.77. The van der Waals surface area contributed by atoms with Crippen LogP contribution in [-0.2, 0) is 10.0 Å². The third kappa shape index (κ3) is 3.16. The van der Waals surface area contributed by atoms with Crippen molar-refractivity contribution in [1.82, 2.24) is 4.72 Å². The summed E-state index contributed by atoms with van der Waals surface area (Å²) >= 11 is 1.05. The maximum Gasteiger partial charge on any atom is 0.250 e. The topological polar surface area (TPSA) is 92.4 Å². The van der Waals surface area contributed by atoms with E-state index < -0.39 is 15.6 Å². The lowest BCUT2D eigenvalue weighted by molar-refractivity contribution is 0.208. The van der Waals surface area contributed by atoms with Gasteiger partial charge in [-0.1, -0.05) is 0 Å². The molecule has 0 fully saturated rings. The van der Waals surface area contributed by atoms with E-state index in [1.807, 2.05) is 0 Å². The zero-order chi connectivity index (χ0) is 11.7. The van der Waals surface area contributed by atoms with Crippen molar-refractivity contribution in [3.8, 4) is 0 Å². The lowest BCUT2D eigenvalue weighted by atomic mass is 10.1. The van der Waals surface area contributed by atoms with Crippen molar-refractivity contribution in [2.24, 2.45) is 0 Å². The highest BCUT2D eigenvalue weighted by molar-refractivity contribution is 7.91. The summed E-state index contributed by atoms with van der Waals surface area (Å²) in [6.45, 7) is 2.93. The van der Waals surface area contributed by atoms with Crippen LogP contribution >= 0.6 is 11.3 Å².